The van der Waals surface area contributed by atoms with Crippen LogP contribution in [0.5, 0.6) is 0 Å². The van der Waals surface area contributed by atoms with E-state index in [4.69, 9.17) is 4.74 Å². The Labute approximate surface area is 150 Å². The molecular formula is C15H30IN3OS. The maximum absolute atomic E-state index is 5.22. The van der Waals surface area contributed by atoms with Gasteiger partial charge in [0.1, 0.15) is 0 Å². The molecule has 124 valence electrons. The van der Waals surface area contributed by atoms with Crippen LogP contribution in [0.4, 0.5) is 0 Å². The van der Waals surface area contributed by atoms with Crippen molar-refractivity contribution in [3.8, 4) is 0 Å². The topological polar surface area (TPSA) is 36.9 Å². The maximum Gasteiger partial charge on any atom is 0.193 e. The lowest BCUT2D eigenvalue weighted by molar-refractivity contribution is 0.172. The molecule has 0 aromatic carbocycles. The van der Waals surface area contributed by atoms with Crippen molar-refractivity contribution < 1.29 is 4.74 Å². The lowest BCUT2D eigenvalue weighted by atomic mass is 10.0. The first-order valence-corrected chi connectivity index (χ1v) is 8.84. The summed E-state index contributed by atoms with van der Waals surface area (Å²) in [7, 11) is 3.69. The molecule has 0 aromatic heterocycles. The summed E-state index contributed by atoms with van der Waals surface area (Å²) >= 11 is 2.10. The predicted octanol–water partition coefficient (Wildman–Crippen LogP) is 2.82. The van der Waals surface area contributed by atoms with Gasteiger partial charge in [0.05, 0.1) is 0 Å². The van der Waals surface area contributed by atoms with Crippen LogP contribution in [-0.2, 0) is 4.74 Å². The average Bonchev–Trinajstić information content (AvgIpc) is 3.26. The fraction of sp³-hybridized carbons (Fsp3) is 0.933. The number of rotatable bonds is 6. The van der Waals surface area contributed by atoms with E-state index in [2.05, 4.69) is 33.9 Å². The zero-order chi connectivity index (χ0) is 14.4. The highest BCUT2D eigenvalue weighted by atomic mass is 127. The average molecular weight is 427 g/mol. The van der Waals surface area contributed by atoms with Gasteiger partial charge in [-0.2, -0.15) is 11.8 Å². The van der Waals surface area contributed by atoms with Crippen molar-refractivity contribution in [1.29, 1.82) is 0 Å². The first kappa shape index (κ1) is 19.4. The number of nitrogens with zero attached hydrogens (tertiary/aromatic N) is 2. The van der Waals surface area contributed by atoms with Gasteiger partial charge in [0, 0.05) is 51.4 Å². The van der Waals surface area contributed by atoms with E-state index in [0.717, 1.165) is 37.5 Å². The second kappa shape index (κ2) is 9.45. The van der Waals surface area contributed by atoms with Gasteiger partial charge in [-0.15, -0.1) is 24.0 Å². The van der Waals surface area contributed by atoms with Crippen LogP contribution < -0.4 is 5.32 Å². The highest BCUT2D eigenvalue weighted by Gasteiger charge is 2.42. The zero-order valence-corrected chi connectivity index (χ0v) is 16.7. The highest BCUT2D eigenvalue weighted by molar-refractivity contribution is 14.0. The van der Waals surface area contributed by atoms with Gasteiger partial charge in [0.15, 0.2) is 5.96 Å². The Balaban J connectivity index is 0.00000220. The number of halogens is 1. The molecule has 1 heterocycles. The molecular weight excluding hydrogens is 397 g/mol. The summed E-state index contributed by atoms with van der Waals surface area (Å²) in [5.41, 5.74) is 0.473. The summed E-state index contributed by atoms with van der Waals surface area (Å²) < 4.78 is 5.22. The van der Waals surface area contributed by atoms with Crippen LogP contribution in [0.15, 0.2) is 4.99 Å². The number of ether oxygens (including phenoxy) is 1. The molecule has 0 bridgehead atoms. The standard InChI is InChI=1S/C15H29N3OS.HI/c1-4-13-11-18(8-10-20-13)14(16-2)17-12-15(5-6-15)7-9-19-3;/h13H,4-12H2,1-3H3,(H,16,17);1H. The molecule has 1 saturated carbocycles. The van der Waals surface area contributed by atoms with Crippen molar-refractivity contribution in [3.05, 3.63) is 0 Å². The van der Waals surface area contributed by atoms with E-state index >= 15 is 0 Å². The van der Waals surface area contributed by atoms with E-state index in [9.17, 15) is 0 Å². The summed E-state index contributed by atoms with van der Waals surface area (Å²) in [5, 5.41) is 4.36. The van der Waals surface area contributed by atoms with Gasteiger partial charge in [-0.05, 0) is 31.1 Å². The number of hydrogen-bond donors (Lipinski definition) is 1. The van der Waals surface area contributed by atoms with E-state index in [1.807, 2.05) is 7.05 Å². The fourth-order valence-electron chi connectivity index (χ4n) is 2.77. The molecule has 4 nitrogen and oxygen atoms in total. The van der Waals surface area contributed by atoms with Crippen LogP contribution in [0.2, 0.25) is 0 Å². The molecule has 1 unspecified atom stereocenters. The number of hydrogen-bond acceptors (Lipinski definition) is 3. The Kier molecular flexibility index (Phi) is 8.71. The van der Waals surface area contributed by atoms with E-state index in [-0.39, 0.29) is 24.0 Å². The van der Waals surface area contributed by atoms with Crippen molar-refractivity contribution >= 4 is 41.7 Å². The lowest BCUT2D eigenvalue weighted by Gasteiger charge is -2.34. The van der Waals surface area contributed by atoms with Crippen molar-refractivity contribution in [2.75, 3.05) is 46.2 Å². The third kappa shape index (κ3) is 5.78. The monoisotopic (exact) mass is 427 g/mol. The maximum atomic E-state index is 5.22. The molecule has 0 aromatic rings. The van der Waals surface area contributed by atoms with E-state index in [0.29, 0.717) is 5.41 Å². The SMILES string of the molecule is CCC1CN(C(=NC)NCC2(CCOC)CC2)CCS1.I. The molecule has 1 N–H and O–H groups in total. The molecule has 21 heavy (non-hydrogen) atoms. The van der Waals surface area contributed by atoms with Crippen molar-refractivity contribution in [2.24, 2.45) is 10.4 Å². The molecule has 1 atom stereocenters. The summed E-state index contributed by atoms with van der Waals surface area (Å²) in [6, 6.07) is 0. The minimum atomic E-state index is 0. The zero-order valence-electron chi connectivity index (χ0n) is 13.6. The highest BCUT2D eigenvalue weighted by Crippen LogP contribution is 2.48. The summed E-state index contributed by atoms with van der Waals surface area (Å²) in [4.78, 5) is 6.91. The molecule has 1 aliphatic carbocycles. The van der Waals surface area contributed by atoms with Gasteiger partial charge in [-0.3, -0.25) is 4.99 Å². The Hall–Kier alpha value is 0.310. The lowest BCUT2D eigenvalue weighted by Crippen LogP contribution is -2.49. The molecule has 6 heteroatoms. The summed E-state index contributed by atoms with van der Waals surface area (Å²) in [6.07, 6.45) is 5.07. The van der Waals surface area contributed by atoms with Gasteiger partial charge in [0.25, 0.3) is 0 Å². The van der Waals surface area contributed by atoms with Crippen LogP contribution in [0.3, 0.4) is 0 Å². The third-order valence-electron chi connectivity index (χ3n) is 4.52. The molecule has 2 rings (SSSR count). The molecule has 2 aliphatic rings. The predicted molar refractivity (Wildman–Crippen MR) is 103 cm³/mol. The van der Waals surface area contributed by atoms with Gasteiger partial charge in [-0.25, -0.2) is 0 Å². The number of methoxy groups -OCH3 is 1. The first-order chi connectivity index (χ1) is 9.73. The van der Waals surface area contributed by atoms with Gasteiger partial charge >= 0.3 is 0 Å². The molecule has 1 saturated heterocycles. The molecule has 1 aliphatic heterocycles. The van der Waals surface area contributed by atoms with Crippen LogP contribution in [0, 0.1) is 5.41 Å². The summed E-state index contributed by atoms with van der Waals surface area (Å²) in [6.45, 7) is 6.45. The third-order valence-corrected chi connectivity index (χ3v) is 5.89. The van der Waals surface area contributed by atoms with Crippen molar-refractivity contribution in [2.45, 2.75) is 37.9 Å². The van der Waals surface area contributed by atoms with Crippen LogP contribution in [0.25, 0.3) is 0 Å². The van der Waals surface area contributed by atoms with E-state index in [1.54, 1.807) is 7.11 Å². The van der Waals surface area contributed by atoms with E-state index < -0.39 is 0 Å². The second-order valence-corrected chi connectivity index (χ2v) is 7.40. The van der Waals surface area contributed by atoms with E-state index in [1.165, 1.54) is 31.4 Å². The summed E-state index contributed by atoms with van der Waals surface area (Å²) in [5.74, 6) is 2.31. The Morgan fingerprint density at radius 1 is 1.48 bits per heavy atom. The van der Waals surface area contributed by atoms with Crippen molar-refractivity contribution in [1.82, 2.24) is 10.2 Å². The first-order valence-electron chi connectivity index (χ1n) is 7.79. The molecule has 0 spiro atoms. The second-order valence-electron chi connectivity index (χ2n) is 5.99. The Morgan fingerprint density at radius 2 is 2.24 bits per heavy atom. The minimum Gasteiger partial charge on any atom is -0.385 e. The Bertz CT molecular complexity index is 337. The minimum absolute atomic E-state index is 0. The van der Waals surface area contributed by atoms with Crippen LogP contribution in [0.1, 0.15) is 32.6 Å². The number of thioether (sulfide) groups is 1. The largest absolute Gasteiger partial charge is 0.385 e. The number of nitrogens with one attached hydrogen (secondary N) is 1. The fourth-order valence-corrected chi connectivity index (χ4v) is 3.95. The Morgan fingerprint density at radius 3 is 2.81 bits per heavy atom. The number of guanidine groups is 1. The number of aliphatic imine (C=N–C) groups is 1. The van der Waals surface area contributed by atoms with Crippen LogP contribution in [-0.4, -0.2) is 62.3 Å². The van der Waals surface area contributed by atoms with Gasteiger partial charge in [0.2, 0.25) is 0 Å². The molecule has 0 radical (unpaired) electrons. The quantitative estimate of drug-likeness (QED) is 0.402. The van der Waals surface area contributed by atoms with Gasteiger partial charge < -0.3 is 15.0 Å². The molecule has 2 fully saturated rings. The van der Waals surface area contributed by atoms with Crippen molar-refractivity contribution in [3.63, 3.8) is 0 Å². The molecule has 0 amide bonds. The van der Waals surface area contributed by atoms with Crippen LogP contribution >= 0.6 is 35.7 Å². The normalized spacial score (nSPS) is 24.4. The van der Waals surface area contributed by atoms with Gasteiger partial charge in [-0.1, -0.05) is 6.92 Å². The smallest absolute Gasteiger partial charge is 0.193 e.